The number of pyridine rings is 1. The fourth-order valence-corrected chi connectivity index (χ4v) is 2.85. The Bertz CT molecular complexity index is 805. The molecule has 0 aliphatic rings. The molecule has 5 N–H and O–H groups in total. The van der Waals surface area contributed by atoms with Crippen LogP contribution in [0.1, 0.15) is 17.9 Å². The van der Waals surface area contributed by atoms with Gasteiger partial charge in [0.1, 0.15) is 12.0 Å². The minimum atomic E-state index is -0.780. The number of anilines is 1. The van der Waals surface area contributed by atoms with Crippen molar-refractivity contribution in [2.45, 2.75) is 18.6 Å². The van der Waals surface area contributed by atoms with Gasteiger partial charge in [0.05, 0.1) is 0 Å². The van der Waals surface area contributed by atoms with E-state index in [1.807, 2.05) is 42.6 Å². The number of hydrogen-bond donors (Lipinski definition) is 4. The number of aliphatic hydroxyl groups is 1. The number of hydrogen-bond acceptors (Lipinski definition) is 5. The number of aromatic nitrogens is 1. The van der Waals surface area contributed by atoms with E-state index in [-0.39, 0.29) is 11.7 Å². The molecule has 0 amide bonds. The molecule has 5 heteroatoms. The summed E-state index contributed by atoms with van der Waals surface area (Å²) in [4.78, 5) is 4.10. The number of nitrogens with one attached hydrogen (secondary N) is 1. The summed E-state index contributed by atoms with van der Waals surface area (Å²) in [5, 5.41) is 25.3. The molecule has 0 aliphatic heterocycles. The van der Waals surface area contributed by atoms with Crippen LogP contribution in [0.2, 0.25) is 0 Å². The smallest absolute Gasteiger partial charge is 0.131 e. The van der Waals surface area contributed by atoms with E-state index in [1.54, 1.807) is 18.3 Å². The summed E-state index contributed by atoms with van der Waals surface area (Å²) in [5.41, 5.74) is 7.48. The Morgan fingerprint density at radius 1 is 1.04 bits per heavy atom. The number of phenolic OH excluding ortho intramolecular Hbond substituents is 1. The minimum absolute atomic E-state index is 0.163. The third kappa shape index (κ3) is 3.64. The van der Waals surface area contributed by atoms with E-state index in [0.29, 0.717) is 13.0 Å². The zero-order valence-corrected chi connectivity index (χ0v) is 13.3. The SMILES string of the molecule is NCCC(c1ccc(O)cc1)C(O)Nc1ccc2cnccc2c1. The van der Waals surface area contributed by atoms with Gasteiger partial charge in [0, 0.05) is 29.4 Å². The lowest BCUT2D eigenvalue weighted by atomic mass is 9.93. The van der Waals surface area contributed by atoms with E-state index < -0.39 is 6.23 Å². The Balaban J connectivity index is 1.81. The average Bonchev–Trinajstić information content (AvgIpc) is 2.60. The molecule has 1 heterocycles. The van der Waals surface area contributed by atoms with Crippen LogP contribution < -0.4 is 11.1 Å². The van der Waals surface area contributed by atoms with Gasteiger partial charge in [0.15, 0.2) is 0 Å². The van der Waals surface area contributed by atoms with Crippen molar-refractivity contribution < 1.29 is 10.2 Å². The molecular formula is C19H21N3O2. The largest absolute Gasteiger partial charge is 0.508 e. The van der Waals surface area contributed by atoms with Crippen molar-refractivity contribution in [1.29, 1.82) is 0 Å². The van der Waals surface area contributed by atoms with Crippen molar-refractivity contribution in [1.82, 2.24) is 4.98 Å². The molecule has 1 aromatic heterocycles. The molecule has 124 valence electrons. The maximum absolute atomic E-state index is 10.6. The number of benzene rings is 2. The fraction of sp³-hybridized carbons (Fsp3) is 0.211. The predicted molar refractivity (Wildman–Crippen MR) is 95.9 cm³/mol. The van der Waals surface area contributed by atoms with Crippen LogP contribution >= 0.6 is 0 Å². The molecule has 0 spiro atoms. The van der Waals surface area contributed by atoms with Gasteiger partial charge in [-0.3, -0.25) is 4.98 Å². The third-order valence-electron chi connectivity index (χ3n) is 4.14. The van der Waals surface area contributed by atoms with E-state index in [2.05, 4.69) is 10.3 Å². The Kier molecular flexibility index (Phi) is 4.93. The van der Waals surface area contributed by atoms with Crippen LogP contribution in [-0.4, -0.2) is 28.0 Å². The molecule has 0 radical (unpaired) electrons. The van der Waals surface area contributed by atoms with E-state index in [9.17, 15) is 10.2 Å². The average molecular weight is 323 g/mol. The van der Waals surface area contributed by atoms with Gasteiger partial charge in [-0.15, -0.1) is 0 Å². The zero-order chi connectivity index (χ0) is 16.9. The van der Waals surface area contributed by atoms with Gasteiger partial charge < -0.3 is 21.3 Å². The van der Waals surface area contributed by atoms with Crippen molar-refractivity contribution in [2.24, 2.45) is 5.73 Å². The van der Waals surface area contributed by atoms with Gasteiger partial charge >= 0.3 is 0 Å². The quantitative estimate of drug-likeness (QED) is 0.524. The topological polar surface area (TPSA) is 91.4 Å². The van der Waals surface area contributed by atoms with Crippen LogP contribution in [0.4, 0.5) is 5.69 Å². The van der Waals surface area contributed by atoms with Crippen molar-refractivity contribution in [3.63, 3.8) is 0 Å². The van der Waals surface area contributed by atoms with Crippen LogP contribution in [0.3, 0.4) is 0 Å². The Hall–Kier alpha value is -2.63. The first kappa shape index (κ1) is 16.2. The molecule has 24 heavy (non-hydrogen) atoms. The Labute approximate surface area is 140 Å². The molecule has 0 fully saturated rings. The highest BCUT2D eigenvalue weighted by Gasteiger charge is 2.20. The zero-order valence-electron chi connectivity index (χ0n) is 13.3. The Morgan fingerprint density at radius 3 is 2.58 bits per heavy atom. The highest BCUT2D eigenvalue weighted by Crippen LogP contribution is 2.27. The highest BCUT2D eigenvalue weighted by molar-refractivity contribution is 5.84. The second-order valence-electron chi connectivity index (χ2n) is 5.80. The minimum Gasteiger partial charge on any atom is -0.508 e. The number of aliphatic hydroxyl groups excluding tert-OH is 1. The van der Waals surface area contributed by atoms with E-state index >= 15 is 0 Å². The molecule has 0 saturated carbocycles. The molecule has 3 aromatic rings. The first-order chi connectivity index (χ1) is 11.7. The lowest BCUT2D eigenvalue weighted by Crippen LogP contribution is -2.28. The van der Waals surface area contributed by atoms with Crippen molar-refractivity contribution in [2.75, 3.05) is 11.9 Å². The lowest BCUT2D eigenvalue weighted by molar-refractivity contribution is 0.167. The number of aromatic hydroxyl groups is 1. The lowest BCUT2D eigenvalue weighted by Gasteiger charge is -2.25. The summed E-state index contributed by atoms with van der Waals surface area (Å²) in [6.07, 6.45) is 3.41. The molecule has 5 nitrogen and oxygen atoms in total. The summed E-state index contributed by atoms with van der Waals surface area (Å²) >= 11 is 0. The predicted octanol–water partition coefficient (Wildman–Crippen LogP) is 2.80. The third-order valence-corrected chi connectivity index (χ3v) is 4.14. The normalized spacial score (nSPS) is 13.6. The standard InChI is InChI=1S/C19H21N3O2/c20-9-7-18(13-2-5-17(23)6-3-13)19(24)22-16-4-1-15-12-21-10-8-14(15)11-16/h1-6,8,10-12,18-19,22-24H,7,9,20H2. The first-order valence-corrected chi connectivity index (χ1v) is 7.95. The summed E-state index contributed by atoms with van der Waals surface area (Å²) < 4.78 is 0. The Morgan fingerprint density at radius 2 is 1.83 bits per heavy atom. The van der Waals surface area contributed by atoms with Crippen LogP contribution in [0.5, 0.6) is 5.75 Å². The summed E-state index contributed by atoms with van der Waals surface area (Å²) in [5.74, 6) is 0.0413. The van der Waals surface area contributed by atoms with E-state index in [0.717, 1.165) is 22.0 Å². The molecule has 2 aromatic carbocycles. The second-order valence-corrected chi connectivity index (χ2v) is 5.80. The maximum atomic E-state index is 10.6. The number of nitrogens with zero attached hydrogens (tertiary/aromatic N) is 1. The van der Waals surface area contributed by atoms with Crippen molar-refractivity contribution in [3.05, 3.63) is 66.5 Å². The van der Waals surface area contributed by atoms with Gasteiger partial charge in [-0.25, -0.2) is 0 Å². The van der Waals surface area contributed by atoms with Crippen molar-refractivity contribution in [3.8, 4) is 5.75 Å². The van der Waals surface area contributed by atoms with Crippen LogP contribution in [-0.2, 0) is 0 Å². The molecular weight excluding hydrogens is 302 g/mol. The van der Waals surface area contributed by atoms with Crippen molar-refractivity contribution >= 4 is 16.5 Å². The number of fused-ring (bicyclic) bond motifs is 1. The first-order valence-electron chi connectivity index (χ1n) is 7.95. The van der Waals surface area contributed by atoms with Crippen LogP contribution in [0.15, 0.2) is 60.9 Å². The molecule has 3 rings (SSSR count). The molecule has 0 bridgehead atoms. The number of rotatable bonds is 6. The van der Waals surface area contributed by atoms with Gasteiger partial charge in [0.2, 0.25) is 0 Å². The van der Waals surface area contributed by atoms with Gasteiger partial charge in [-0.2, -0.15) is 0 Å². The number of nitrogens with two attached hydrogens (primary N) is 1. The fourth-order valence-electron chi connectivity index (χ4n) is 2.85. The van der Waals surface area contributed by atoms with E-state index in [1.165, 1.54) is 0 Å². The maximum Gasteiger partial charge on any atom is 0.131 e. The highest BCUT2D eigenvalue weighted by atomic mass is 16.3. The van der Waals surface area contributed by atoms with E-state index in [4.69, 9.17) is 5.73 Å². The molecule has 2 unspecified atom stereocenters. The summed E-state index contributed by atoms with van der Waals surface area (Å²) in [6.45, 7) is 0.466. The van der Waals surface area contributed by atoms with Gasteiger partial charge in [-0.05, 0) is 54.2 Å². The van der Waals surface area contributed by atoms with Crippen LogP contribution in [0, 0.1) is 0 Å². The summed E-state index contributed by atoms with van der Waals surface area (Å²) in [7, 11) is 0. The summed E-state index contributed by atoms with van der Waals surface area (Å²) in [6, 6.07) is 14.7. The van der Waals surface area contributed by atoms with Gasteiger partial charge in [0.25, 0.3) is 0 Å². The monoisotopic (exact) mass is 323 g/mol. The van der Waals surface area contributed by atoms with Gasteiger partial charge in [-0.1, -0.05) is 18.2 Å². The molecule has 0 saturated heterocycles. The number of phenols is 1. The molecule has 0 aliphatic carbocycles. The van der Waals surface area contributed by atoms with Crippen LogP contribution in [0.25, 0.3) is 10.8 Å². The second kappa shape index (κ2) is 7.29. The molecule has 2 atom stereocenters.